The summed E-state index contributed by atoms with van der Waals surface area (Å²) in [7, 11) is 2.76. The van der Waals surface area contributed by atoms with Crippen LogP contribution in [-0.2, 0) is 11.0 Å². The van der Waals surface area contributed by atoms with Crippen molar-refractivity contribution in [3.05, 3.63) is 52.8 Å². The number of amides is 2. The summed E-state index contributed by atoms with van der Waals surface area (Å²) in [4.78, 5) is 28.7. The highest BCUT2D eigenvalue weighted by molar-refractivity contribution is 6.31. The van der Waals surface area contributed by atoms with Crippen molar-refractivity contribution in [3.63, 3.8) is 0 Å². The molecule has 27 heavy (non-hydrogen) atoms. The molecule has 0 bridgehead atoms. The average molecular weight is 402 g/mol. The molecule has 144 valence electrons. The number of carbonyl (C=O) groups excluding carboxylic acids is 2. The Balaban J connectivity index is 2.04. The number of benzene rings is 1. The van der Waals surface area contributed by atoms with Gasteiger partial charge in [0.25, 0.3) is 5.91 Å². The number of rotatable bonds is 5. The van der Waals surface area contributed by atoms with Crippen molar-refractivity contribution in [1.82, 2.24) is 9.88 Å². The van der Waals surface area contributed by atoms with Crippen LogP contribution in [0.3, 0.4) is 0 Å². The van der Waals surface area contributed by atoms with Crippen LogP contribution in [0.15, 0.2) is 36.5 Å². The van der Waals surface area contributed by atoms with E-state index in [0.29, 0.717) is 22.5 Å². The average Bonchev–Trinajstić information content (AvgIpc) is 2.60. The third-order valence-corrected chi connectivity index (χ3v) is 3.70. The Morgan fingerprint density at radius 2 is 1.96 bits per heavy atom. The third-order valence-electron chi connectivity index (χ3n) is 3.46. The summed E-state index contributed by atoms with van der Waals surface area (Å²) in [5.41, 5.74) is -0.849. The van der Waals surface area contributed by atoms with Crippen LogP contribution in [0, 0.1) is 0 Å². The molecule has 0 fully saturated rings. The standard InChI is InChI=1S/C17H15ClF3N3O3/c1-24(16(26)10-3-6-14(22-8-10)17(19,20)21)9-15(25)23-12-7-11(18)4-5-13(12)27-2/h3-8H,9H2,1-2H3,(H,23,25). The zero-order valence-electron chi connectivity index (χ0n) is 14.3. The predicted octanol–water partition coefficient (Wildman–Crippen LogP) is 3.47. The minimum Gasteiger partial charge on any atom is -0.495 e. The Labute approximate surface area is 157 Å². The quantitative estimate of drug-likeness (QED) is 0.832. The number of methoxy groups -OCH3 is 1. The van der Waals surface area contributed by atoms with E-state index in [1.807, 2.05) is 0 Å². The zero-order valence-corrected chi connectivity index (χ0v) is 15.1. The van der Waals surface area contributed by atoms with Crippen molar-refractivity contribution in [3.8, 4) is 5.75 Å². The van der Waals surface area contributed by atoms with Gasteiger partial charge in [-0.2, -0.15) is 13.2 Å². The lowest BCUT2D eigenvalue weighted by atomic mass is 10.2. The van der Waals surface area contributed by atoms with Gasteiger partial charge in [-0.05, 0) is 30.3 Å². The van der Waals surface area contributed by atoms with Crippen molar-refractivity contribution >= 4 is 29.1 Å². The summed E-state index contributed by atoms with van der Waals surface area (Å²) in [6, 6.07) is 6.36. The van der Waals surface area contributed by atoms with Gasteiger partial charge >= 0.3 is 6.18 Å². The molecule has 1 heterocycles. The van der Waals surface area contributed by atoms with E-state index in [9.17, 15) is 22.8 Å². The van der Waals surface area contributed by atoms with Crippen LogP contribution >= 0.6 is 11.6 Å². The first-order valence-electron chi connectivity index (χ1n) is 7.54. The highest BCUT2D eigenvalue weighted by Gasteiger charge is 2.32. The van der Waals surface area contributed by atoms with Crippen LogP contribution in [0.5, 0.6) is 5.75 Å². The highest BCUT2D eigenvalue weighted by atomic mass is 35.5. The van der Waals surface area contributed by atoms with Crippen LogP contribution in [0.2, 0.25) is 5.02 Å². The molecule has 1 aromatic heterocycles. The van der Waals surface area contributed by atoms with Crippen LogP contribution in [0.1, 0.15) is 16.1 Å². The number of carbonyl (C=O) groups is 2. The second kappa shape index (κ2) is 8.26. The van der Waals surface area contributed by atoms with Crippen LogP contribution < -0.4 is 10.1 Å². The number of ether oxygens (including phenoxy) is 1. The van der Waals surface area contributed by atoms with Crippen LogP contribution in [0.4, 0.5) is 18.9 Å². The Bertz CT molecular complexity index is 842. The normalized spacial score (nSPS) is 11.0. The molecule has 0 aliphatic carbocycles. The number of likely N-dealkylation sites (N-methyl/N-ethyl adjacent to an activating group) is 1. The number of hydrogen-bond acceptors (Lipinski definition) is 4. The molecular weight excluding hydrogens is 387 g/mol. The number of hydrogen-bond donors (Lipinski definition) is 1. The number of nitrogens with one attached hydrogen (secondary N) is 1. The van der Waals surface area contributed by atoms with Crippen molar-refractivity contribution < 1.29 is 27.5 Å². The summed E-state index contributed by atoms with van der Waals surface area (Å²) in [5.74, 6) is -0.801. The maximum atomic E-state index is 12.5. The number of nitrogens with zero attached hydrogens (tertiary/aromatic N) is 2. The predicted molar refractivity (Wildman–Crippen MR) is 92.8 cm³/mol. The lowest BCUT2D eigenvalue weighted by Crippen LogP contribution is -2.35. The fraction of sp³-hybridized carbons (Fsp3) is 0.235. The van der Waals surface area contributed by atoms with E-state index in [4.69, 9.17) is 16.3 Å². The molecule has 0 radical (unpaired) electrons. The van der Waals surface area contributed by atoms with E-state index in [1.54, 1.807) is 12.1 Å². The Kier molecular flexibility index (Phi) is 6.27. The van der Waals surface area contributed by atoms with E-state index >= 15 is 0 Å². The smallest absolute Gasteiger partial charge is 0.433 e. The van der Waals surface area contributed by atoms with E-state index in [2.05, 4.69) is 10.3 Å². The van der Waals surface area contributed by atoms with Gasteiger partial charge in [-0.25, -0.2) is 0 Å². The molecule has 0 saturated heterocycles. The van der Waals surface area contributed by atoms with Gasteiger partial charge in [0, 0.05) is 18.3 Å². The Morgan fingerprint density at radius 1 is 1.26 bits per heavy atom. The van der Waals surface area contributed by atoms with E-state index in [-0.39, 0.29) is 12.1 Å². The first-order valence-corrected chi connectivity index (χ1v) is 7.91. The zero-order chi connectivity index (χ0) is 20.2. The molecule has 1 aromatic carbocycles. The van der Waals surface area contributed by atoms with Gasteiger partial charge in [-0.1, -0.05) is 11.6 Å². The molecular formula is C17H15ClF3N3O3. The van der Waals surface area contributed by atoms with Gasteiger partial charge in [-0.3, -0.25) is 14.6 Å². The number of pyridine rings is 1. The molecule has 0 aliphatic rings. The van der Waals surface area contributed by atoms with Crippen molar-refractivity contribution in [2.45, 2.75) is 6.18 Å². The maximum Gasteiger partial charge on any atom is 0.433 e. The van der Waals surface area contributed by atoms with Crippen molar-refractivity contribution in [2.24, 2.45) is 0 Å². The van der Waals surface area contributed by atoms with Gasteiger partial charge in [0.15, 0.2) is 0 Å². The second-order valence-electron chi connectivity index (χ2n) is 5.48. The molecule has 0 unspecified atom stereocenters. The molecule has 2 aromatic rings. The molecule has 10 heteroatoms. The fourth-order valence-electron chi connectivity index (χ4n) is 2.16. The van der Waals surface area contributed by atoms with E-state index in [1.165, 1.54) is 20.2 Å². The molecule has 0 saturated carbocycles. The lowest BCUT2D eigenvalue weighted by molar-refractivity contribution is -0.141. The third kappa shape index (κ3) is 5.33. The number of alkyl halides is 3. The molecule has 2 amide bonds. The van der Waals surface area contributed by atoms with E-state index < -0.39 is 23.7 Å². The topological polar surface area (TPSA) is 71.5 Å². The Morgan fingerprint density at radius 3 is 2.52 bits per heavy atom. The van der Waals surface area contributed by atoms with Gasteiger partial charge < -0.3 is 15.0 Å². The first kappa shape index (κ1) is 20.5. The van der Waals surface area contributed by atoms with Crippen molar-refractivity contribution in [2.75, 3.05) is 26.0 Å². The molecule has 0 aliphatic heterocycles. The number of halogens is 4. The van der Waals surface area contributed by atoms with Gasteiger partial charge in [-0.15, -0.1) is 0 Å². The summed E-state index contributed by atoms with van der Waals surface area (Å²) in [6.07, 6.45) is -3.77. The largest absolute Gasteiger partial charge is 0.495 e. The highest BCUT2D eigenvalue weighted by Crippen LogP contribution is 2.28. The maximum absolute atomic E-state index is 12.5. The molecule has 0 spiro atoms. The SMILES string of the molecule is COc1ccc(Cl)cc1NC(=O)CN(C)C(=O)c1ccc(C(F)(F)F)nc1. The summed E-state index contributed by atoms with van der Waals surface area (Å²) < 4.78 is 42.7. The molecule has 6 nitrogen and oxygen atoms in total. The minimum absolute atomic E-state index is 0.0707. The number of anilines is 1. The summed E-state index contributed by atoms with van der Waals surface area (Å²) in [5, 5.41) is 2.94. The van der Waals surface area contributed by atoms with E-state index in [0.717, 1.165) is 17.2 Å². The second-order valence-corrected chi connectivity index (χ2v) is 5.92. The molecule has 1 N–H and O–H groups in total. The van der Waals surface area contributed by atoms with Crippen LogP contribution in [-0.4, -0.2) is 42.4 Å². The summed E-state index contributed by atoms with van der Waals surface area (Å²) >= 11 is 5.88. The van der Waals surface area contributed by atoms with Crippen molar-refractivity contribution in [1.29, 1.82) is 0 Å². The minimum atomic E-state index is -4.59. The van der Waals surface area contributed by atoms with Gasteiger partial charge in [0.2, 0.25) is 5.91 Å². The first-order chi connectivity index (χ1) is 12.6. The van der Waals surface area contributed by atoms with Crippen LogP contribution in [0.25, 0.3) is 0 Å². The number of aromatic nitrogens is 1. The van der Waals surface area contributed by atoms with Gasteiger partial charge in [0.1, 0.15) is 11.4 Å². The lowest BCUT2D eigenvalue weighted by Gasteiger charge is -2.18. The monoisotopic (exact) mass is 401 g/mol. The van der Waals surface area contributed by atoms with Gasteiger partial charge in [0.05, 0.1) is 24.9 Å². The molecule has 0 atom stereocenters. The Hall–Kier alpha value is -2.81. The molecule has 2 rings (SSSR count). The fourth-order valence-corrected chi connectivity index (χ4v) is 2.34. The summed E-state index contributed by atoms with van der Waals surface area (Å²) in [6.45, 7) is -0.338.